The van der Waals surface area contributed by atoms with Gasteiger partial charge in [-0.3, -0.25) is 19.3 Å². The Morgan fingerprint density at radius 1 is 1.15 bits per heavy atom. The number of phenolic OH excluding ortho intramolecular Hbond substituents is 1. The lowest BCUT2D eigenvalue weighted by Crippen LogP contribution is -2.63. The van der Waals surface area contributed by atoms with Gasteiger partial charge in [0, 0.05) is 37.2 Å². The van der Waals surface area contributed by atoms with E-state index in [0.29, 0.717) is 11.3 Å². The SMILES string of the molecule is COC(=O)C#Cc1cc(N(C)C)c2c(c1O)C(=O)C1=C(O)[C@]3(O)C(=O)C(C(N)=O)=C(O)[C@@H](N(C)C)[C@@H]3C[C@@H]1C2. The molecule has 0 spiro atoms. The smallest absolute Gasteiger partial charge is 0.384 e. The van der Waals surface area contributed by atoms with Crippen LogP contribution >= 0.6 is 0 Å². The summed E-state index contributed by atoms with van der Waals surface area (Å²) in [5.74, 6) is -3.58. The standard InChI is InChI=1S/C27H29N3O9/c1-29(2)15-10-11(6-7-16(31)39-5)21(32)18-13(15)8-12-9-14-20(30(3)4)23(34)19(26(28)37)25(36)27(14,38)24(35)17(12)22(18)33/h10,12,14,20,32,34-35,38H,8-9H2,1-5H3,(H2,28,37)/t12-,14-,20-,27-/m0/s1. The first-order chi connectivity index (χ1) is 18.2. The molecule has 6 N–H and O–H groups in total. The lowest BCUT2D eigenvalue weighted by atomic mass is 9.58. The maximum Gasteiger partial charge on any atom is 0.384 e. The van der Waals surface area contributed by atoms with Gasteiger partial charge in [0.1, 0.15) is 22.8 Å². The number of aliphatic hydroxyl groups excluding tert-OH is 2. The number of esters is 1. The average Bonchev–Trinajstić information content (AvgIpc) is 2.84. The Labute approximate surface area is 223 Å². The quantitative estimate of drug-likeness (QED) is 0.193. The number of nitrogens with zero attached hydrogens (tertiary/aromatic N) is 2. The molecule has 1 aromatic carbocycles. The highest BCUT2D eigenvalue weighted by molar-refractivity contribution is 6.25. The Morgan fingerprint density at radius 2 is 1.79 bits per heavy atom. The van der Waals surface area contributed by atoms with Crippen LogP contribution in [-0.2, 0) is 25.5 Å². The number of methoxy groups -OCH3 is 1. The Bertz CT molecular complexity index is 1460. The molecule has 0 aliphatic heterocycles. The second-order valence-electron chi connectivity index (χ2n) is 10.2. The summed E-state index contributed by atoms with van der Waals surface area (Å²) in [5, 5.41) is 45.0. The molecule has 0 bridgehead atoms. The van der Waals surface area contributed by atoms with Gasteiger partial charge in [-0.2, -0.15) is 0 Å². The molecule has 0 unspecified atom stereocenters. The van der Waals surface area contributed by atoms with Crippen LogP contribution in [0.5, 0.6) is 5.75 Å². The largest absolute Gasteiger partial charge is 0.510 e. The lowest BCUT2D eigenvalue weighted by Gasteiger charge is -2.50. The van der Waals surface area contributed by atoms with Gasteiger partial charge in [0.15, 0.2) is 11.4 Å². The molecule has 12 heteroatoms. The van der Waals surface area contributed by atoms with Crippen LogP contribution < -0.4 is 10.6 Å². The number of Topliss-reactive ketones (excluding diaryl/α,β-unsaturated/α-hetero) is 2. The van der Waals surface area contributed by atoms with Crippen LogP contribution in [0.2, 0.25) is 0 Å². The lowest BCUT2D eigenvalue weighted by molar-refractivity contribution is -0.148. The summed E-state index contributed by atoms with van der Waals surface area (Å²) < 4.78 is 4.51. The number of phenols is 1. The first-order valence-electron chi connectivity index (χ1n) is 12.0. The van der Waals surface area contributed by atoms with Crippen LogP contribution in [0.25, 0.3) is 0 Å². The zero-order valence-corrected chi connectivity index (χ0v) is 22.0. The number of likely N-dealkylation sites (N-methyl/N-ethyl adjacent to an activating group) is 1. The number of ketones is 2. The van der Waals surface area contributed by atoms with Gasteiger partial charge in [0.2, 0.25) is 5.78 Å². The minimum atomic E-state index is -2.73. The Balaban J connectivity index is 1.98. The molecular weight excluding hydrogens is 510 g/mol. The van der Waals surface area contributed by atoms with Crippen LogP contribution in [0.4, 0.5) is 5.69 Å². The van der Waals surface area contributed by atoms with E-state index in [1.54, 1.807) is 33.1 Å². The predicted octanol–water partition coefficient (Wildman–Crippen LogP) is -0.289. The fraction of sp³-hybridized carbons (Fsp3) is 0.407. The molecule has 39 heavy (non-hydrogen) atoms. The molecule has 4 rings (SSSR count). The summed E-state index contributed by atoms with van der Waals surface area (Å²) in [4.78, 5) is 54.1. The topological polar surface area (TPSA) is 191 Å². The molecule has 0 fully saturated rings. The number of primary amides is 1. The van der Waals surface area contributed by atoms with Crippen molar-refractivity contribution in [2.24, 2.45) is 17.6 Å². The third kappa shape index (κ3) is 3.93. The number of aromatic hydroxyl groups is 1. The van der Waals surface area contributed by atoms with Crippen LogP contribution in [0.1, 0.15) is 27.9 Å². The molecule has 0 saturated heterocycles. The second kappa shape index (κ2) is 9.44. The Kier molecular flexibility index (Phi) is 6.70. The number of amides is 1. The summed E-state index contributed by atoms with van der Waals surface area (Å²) in [7, 11) is 7.69. The third-order valence-electron chi connectivity index (χ3n) is 7.67. The molecule has 0 radical (unpaired) electrons. The van der Waals surface area contributed by atoms with Gasteiger partial charge in [0.05, 0.1) is 24.3 Å². The van der Waals surface area contributed by atoms with Gasteiger partial charge in [-0.1, -0.05) is 5.92 Å². The summed E-state index contributed by atoms with van der Waals surface area (Å²) in [6.45, 7) is 0. The number of ether oxygens (including phenoxy) is 1. The van der Waals surface area contributed by atoms with E-state index in [2.05, 4.69) is 16.6 Å². The van der Waals surface area contributed by atoms with E-state index in [9.17, 15) is 39.6 Å². The van der Waals surface area contributed by atoms with Crippen LogP contribution in [0.15, 0.2) is 28.7 Å². The Morgan fingerprint density at radius 3 is 2.33 bits per heavy atom. The number of allylic oxidation sites excluding steroid dienone is 1. The van der Waals surface area contributed by atoms with Gasteiger partial charge in [-0.25, -0.2) is 4.79 Å². The van der Waals surface area contributed by atoms with E-state index in [1.165, 1.54) is 11.0 Å². The van der Waals surface area contributed by atoms with Gasteiger partial charge >= 0.3 is 5.97 Å². The van der Waals surface area contributed by atoms with E-state index in [4.69, 9.17) is 5.73 Å². The van der Waals surface area contributed by atoms with E-state index in [0.717, 1.165) is 7.11 Å². The number of carbonyl (C=O) groups excluding carboxylic acids is 4. The zero-order valence-electron chi connectivity index (χ0n) is 22.0. The normalized spacial score (nSPS) is 25.9. The van der Waals surface area contributed by atoms with E-state index < -0.39 is 69.8 Å². The monoisotopic (exact) mass is 539 g/mol. The molecule has 3 aliphatic carbocycles. The first-order valence-corrected chi connectivity index (χ1v) is 12.0. The van der Waals surface area contributed by atoms with Gasteiger partial charge in [0.25, 0.3) is 5.91 Å². The number of nitrogens with two attached hydrogens (primary N) is 1. The number of aliphatic hydroxyl groups is 3. The molecule has 1 amide bonds. The molecule has 4 atom stereocenters. The zero-order chi connectivity index (χ0) is 29.1. The summed E-state index contributed by atoms with van der Waals surface area (Å²) in [5.41, 5.74) is 2.18. The van der Waals surface area contributed by atoms with Crippen molar-refractivity contribution in [2.75, 3.05) is 40.2 Å². The molecule has 1 aromatic rings. The highest BCUT2D eigenvalue weighted by atomic mass is 16.5. The van der Waals surface area contributed by atoms with Gasteiger partial charge < -0.3 is 35.8 Å². The molecule has 206 valence electrons. The van der Waals surface area contributed by atoms with Gasteiger partial charge in [-0.05, 0) is 44.5 Å². The average molecular weight is 540 g/mol. The van der Waals surface area contributed by atoms with Crippen molar-refractivity contribution < 1.29 is 44.3 Å². The number of anilines is 1. The number of fused-ring (bicyclic) bond motifs is 3. The number of rotatable bonds is 3. The third-order valence-corrected chi connectivity index (χ3v) is 7.67. The minimum absolute atomic E-state index is 0.0245. The Hall–Kier alpha value is -4.34. The number of hydrogen-bond acceptors (Lipinski definition) is 11. The van der Waals surface area contributed by atoms with E-state index >= 15 is 0 Å². The summed E-state index contributed by atoms with van der Waals surface area (Å²) >= 11 is 0. The maximum atomic E-state index is 13.9. The number of carbonyl (C=O) groups is 4. The fourth-order valence-corrected chi connectivity index (χ4v) is 5.96. The predicted molar refractivity (Wildman–Crippen MR) is 137 cm³/mol. The maximum absolute atomic E-state index is 13.9. The minimum Gasteiger partial charge on any atom is -0.510 e. The van der Waals surface area contributed by atoms with Crippen molar-refractivity contribution in [1.29, 1.82) is 0 Å². The van der Waals surface area contributed by atoms with Crippen LogP contribution in [-0.4, -0.2) is 95.7 Å². The van der Waals surface area contributed by atoms with E-state index in [-0.39, 0.29) is 29.5 Å². The molecule has 0 heterocycles. The second-order valence-corrected chi connectivity index (χ2v) is 10.2. The number of benzene rings is 1. The van der Waals surface area contributed by atoms with Crippen molar-refractivity contribution >= 4 is 29.1 Å². The van der Waals surface area contributed by atoms with Crippen molar-refractivity contribution in [3.63, 3.8) is 0 Å². The first kappa shape index (κ1) is 27.7. The van der Waals surface area contributed by atoms with Crippen molar-refractivity contribution in [3.8, 4) is 17.6 Å². The van der Waals surface area contributed by atoms with E-state index in [1.807, 2.05) is 0 Å². The molecule has 12 nitrogen and oxygen atoms in total. The summed E-state index contributed by atoms with van der Waals surface area (Å²) in [6.07, 6.45) is 0.101. The molecule has 3 aliphatic rings. The molecule has 0 saturated carbocycles. The van der Waals surface area contributed by atoms with Crippen LogP contribution in [0, 0.1) is 23.7 Å². The molecule has 0 aromatic heterocycles. The van der Waals surface area contributed by atoms with Crippen LogP contribution in [0.3, 0.4) is 0 Å². The number of hydrogen-bond donors (Lipinski definition) is 5. The highest BCUT2D eigenvalue weighted by Gasteiger charge is 2.63. The molecular formula is C27H29N3O9. The van der Waals surface area contributed by atoms with Crippen molar-refractivity contribution in [1.82, 2.24) is 4.90 Å². The summed E-state index contributed by atoms with van der Waals surface area (Å²) in [6, 6.07) is 0.444. The highest BCUT2D eigenvalue weighted by Crippen LogP contribution is 2.53. The van der Waals surface area contributed by atoms with Crippen molar-refractivity contribution in [2.45, 2.75) is 24.5 Å². The van der Waals surface area contributed by atoms with Crippen molar-refractivity contribution in [3.05, 3.63) is 45.4 Å². The van der Waals surface area contributed by atoms with Gasteiger partial charge in [-0.15, -0.1) is 0 Å². The fourth-order valence-electron chi connectivity index (χ4n) is 5.96.